The quantitative estimate of drug-likeness (QED) is 0.585. The van der Waals surface area contributed by atoms with Crippen LogP contribution in [-0.2, 0) is 14.3 Å². The van der Waals surface area contributed by atoms with E-state index in [2.05, 4.69) is 11.9 Å². The number of carbonyl (C=O) groups excluding carboxylic acids is 2. The summed E-state index contributed by atoms with van der Waals surface area (Å²) in [6.45, 7) is 12.8. The molecule has 0 rings (SSSR count). The van der Waals surface area contributed by atoms with E-state index in [0.717, 1.165) is 6.08 Å². The Morgan fingerprint density at radius 3 is 2.33 bits per heavy atom. The Labute approximate surface area is 109 Å². The third-order valence-corrected chi connectivity index (χ3v) is 2.80. The van der Waals surface area contributed by atoms with E-state index >= 15 is 0 Å². The summed E-state index contributed by atoms with van der Waals surface area (Å²) in [5, 5.41) is 2.77. The molecule has 1 unspecified atom stereocenters. The first-order chi connectivity index (χ1) is 8.19. The van der Waals surface area contributed by atoms with Gasteiger partial charge in [0.15, 0.2) is 0 Å². The topological polar surface area (TPSA) is 64.6 Å². The Kier molecular flexibility index (Phi) is 6.44. The molecule has 1 amide bonds. The van der Waals surface area contributed by atoms with Crippen LogP contribution >= 0.6 is 0 Å². The largest absolute Gasteiger partial charge is 0.459 e. The van der Waals surface area contributed by atoms with Crippen molar-refractivity contribution in [2.75, 3.05) is 6.61 Å². The summed E-state index contributed by atoms with van der Waals surface area (Å²) in [7, 11) is 0. The monoisotopic (exact) mass is 257 g/mol. The van der Waals surface area contributed by atoms with Crippen LogP contribution in [0.5, 0.6) is 0 Å². The number of amides is 1. The number of nitrogens with one attached hydrogen (secondary N) is 1. The zero-order valence-corrected chi connectivity index (χ0v) is 11.8. The van der Waals surface area contributed by atoms with Crippen LogP contribution in [0.25, 0.3) is 0 Å². The standard InChI is InChI=1S/C13H23NO4/c1-7-11(15)17-8-10(4)18-12(16)14-13(5,6)9(2)3/h7,9-10H,1,8H2,2-6H3,(H,14,16). The number of alkyl carbamates (subject to hydrolysis) is 1. The van der Waals surface area contributed by atoms with Crippen LogP contribution in [0.1, 0.15) is 34.6 Å². The van der Waals surface area contributed by atoms with Crippen molar-refractivity contribution in [2.24, 2.45) is 5.92 Å². The van der Waals surface area contributed by atoms with Gasteiger partial charge in [-0.15, -0.1) is 0 Å². The SMILES string of the molecule is C=CC(=O)OCC(C)OC(=O)NC(C)(C)C(C)C. The zero-order valence-electron chi connectivity index (χ0n) is 11.8. The van der Waals surface area contributed by atoms with Gasteiger partial charge in [-0.25, -0.2) is 9.59 Å². The van der Waals surface area contributed by atoms with E-state index in [1.165, 1.54) is 0 Å². The van der Waals surface area contributed by atoms with Crippen LogP contribution in [0.4, 0.5) is 4.79 Å². The molecule has 0 bridgehead atoms. The van der Waals surface area contributed by atoms with Crippen molar-refractivity contribution in [2.45, 2.75) is 46.3 Å². The molecule has 0 aromatic heterocycles. The van der Waals surface area contributed by atoms with E-state index in [4.69, 9.17) is 9.47 Å². The molecule has 5 nitrogen and oxygen atoms in total. The first kappa shape index (κ1) is 16.5. The van der Waals surface area contributed by atoms with Gasteiger partial charge in [0.25, 0.3) is 0 Å². The number of rotatable bonds is 6. The van der Waals surface area contributed by atoms with Crippen molar-refractivity contribution in [3.8, 4) is 0 Å². The predicted octanol–water partition coefficient (Wildman–Crippen LogP) is 2.26. The molecule has 0 heterocycles. The molecule has 0 aromatic carbocycles. The highest BCUT2D eigenvalue weighted by molar-refractivity contribution is 5.81. The molecule has 0 aliphatic carbocycles. The van der Waals surface area contributed by atoms with Crippen molar-refractivity contribution < 1.29 is 19.1 Å². The summed E-state index contributed by atoms with van der Waals surface area (Å²) in [4.78, 5) is 22.4. The molecule has 104 valence electrons. The van der Waals surface area contributed by atoms with Gasteiger partial charge < -0.3 is 14.8 Å². The van der Waals surface area contributed by atoms with Crippen molar-refractivity contribution in [3.05, 3.63) is 12.7 Å². The molecular formula is C13H23NO4. The van der Waals surface area contributed by atoms with E-state index < -0.39 is 18.2 Å². The first-order valence-corrected chi connectivity index (χ1v) is 5.97. The highest BCUT2D eigenvalue weighted by Gasteiger charge is 2.25. The van der Waals surface area contributed by atoms with Gasteiger partial charge in [0.1, 0.15) is 12.7 Å². The molecule has 1 atom stereocenters. The molecule has 18 heavy (non-hydrogen) atoms. The van der Waals surface area contributed by atoms with Gasteiger partial charge in [-0.2, -0.15) is 0 Å². The van der Waals surface area contributed by atoms with Crippen LogP contribution in [0, 0.1) is 5.92 Å². The molecule has 0 spiro atoms. The molecule has 0 radical (unpaired) electrons. The molecule has 0 aliphatic heterocycles. The lowest BCUT2D eigenvalue weighted by Gasteiger charge is -2.30. The number of esters is 1. The zero-order chi connectivity index (χ0) is 14.3. The Morgan fingerprint density at radius 2 is 1.89 bits per heavy atom. The molecular weight excluding hydrogens is 234 g/mol. The third-order valence-electron chi connectivity index (χ3n) is 2.80. The normalized spacial score (nSPS) is 12.8. The maximum absolute atomic E-state index is 11.6. The highest BCUT2D eigenvalue weighted by atomic mass is 16.6. The second-order valence-electron chi connectivity index (χ2n) is 5.05. The molecule has 0 fully saturated rings. The number of hydrogen-bond donors (Lipinski definition) is 1. The molecule has 0 aromatic rings. The van der Waals surface area contributed by atoms with Crippen LogP contribution in [0.15, 0.2) is 12.7 Å². The van der Waals surface area contributed by atoms with Crippen LogP contribution in [-0.4, -0.2) is 30.3 Å². The fraction of sp³-hybridized carbons (Fsp3) is 0.692. The minimum atomic E-state index is -0.534. The summed E-state index contributed by atoms with van der Waals surface area (Å²) in [5.74, 6) is -0.257. The van der Waals surface area contributed by atoms with E-state index in [1.54, 1.807) is 6.92 Å². The summed E-state index contributed by atoms with van der Waals surface area (Å²) in [6.07, 6.45) is 0.0435. The van der Waals surface area contributed by atoms with Gasteiger partial charge in [-0.05, 0) is 26.7 Å². The second-order valence-corrected chi connectivity index (χ2v) is 5.05. The summed E-state index contributed by atoms with van der Waals surface area (Å²) >= 11 is 0. The van der Waals surface area contributed by atoms with Crippen molar-refractivity contribution in [1.82, 2.24) is 5.32 Å². The van der Waals surface area contributed by atoms with E-state index in [1.807, 2.05) is 27.7 Å². The summed E-state index contributed by atoms with van der Waals surface area (Å²) in [6, 6.07) is 0. The number of ether oxygens (including phenoxy) is 2. The number of carbonyl (C=O) groups is 2. The molecule has 5 heteroatoms. The maximum atomic E-state index is 11.6. The van der Waals surface area contributed by atoms with Gasteiger partial charge in [0.2, 0.25) is 0 Å². The minimum absolute atomic E-state index is 0.0143. The van der Waals surface area contributed by atoms with E-state index in [9.17, 15) is 9.59 Å². The van der Waals surface area contributed by atoms with Gasteiger partial charge >= 0.3 is 12.1 Å². The lowest BCUT2D eigenvalue weighted by atomic mass is 9.91. The number of hydrogen-bond acceptors (Lipinski definition) is 4. The van der Waals surface area contributed by atoms with Crippen molar-refractivity contribution >= 4 is 12.1 Å². The maximum Gasteiger partial charge on any atom is 0.407 e. The predicted molar refractivity (Wildman–Crippen MR) is 69.2 cm³/mol. The fourth-order valence-electron chi connectivity index (χ4n) is 0.912. The fourth-order valence-corrected chi connectivity index (χ4v) is 0.912. The van der Waals surface area contributed by atoms with E-state index in [-0.39, 0.29) is 18.1 Å². The minimum Gasteiger partial charge on any atom is -0.459 e. The Hall–Kier alpha value is -1.52. The lowest BCUT2D eigenvalue weighted by molar-refractivity contribution is -0.140. The van der Waals surface area contributed by atoms with Gasteiger partial charge in [0.05, 0.1) is 0 Å². The Bertz CT molecular complexity index is 310. The summed E-state index contributed by atoms with van der Waals surface area (Å²) in [5.41, 5.74) is -0.353. The molecule has 0 aliphatic rings. The van der Waals surface area contributed by atoms with Crippen molar-refractivity contribution in [3.63, 3.8) is 0 Å². The average molecular weight is 257 g/mol. The molecule has 1 N–H and O–H groups in total. The van der Waals surface area contributed by atoms with E-state index in [0.29, 0.717) is 0 Å². The third kappa shape index (κ3) is 6.27. The van der Waals surface area contributed by atoms with Crippen LogP contribution < -0.4 is 5.32 Å². The Balaban J connectivity index is 4.09. The van der Waals surface area contributed by atoms with Gasteiger partial charge in [-0.3, -0.25) is 0 Å². The van der Waals surface area contributed by atoms with Crippen molar-refractivity contribution in [1.29, 1.82) is 0 Å². The van der Waals surface area contributed by atoms with Crippen LogP contribution in [0.2, 0.25) is 0 Å². The second kappa shape index (κ2) is 7.03. The first-order valence-electron chi connectivity index (χ1n) is 5.97. The van der Waals surface area contributed by atoms with Gasteiger partial charge in [0, 0.05) is 11.6 Å². The molecule has 0 saturated heterocycles. The summed E-state index contributed by atoms with van der Waals surface area (Å²) < 4.78 is 9.84. The van der Waals surface area contributed by atoms with Gasteiger partial charge in [-0.1, -0.05) is 20.4 Å². The average Bonchev–Trinajstić information content (AvgIpc) is 2.24. The lowest BCUT2D eigenvalue weighted by Crippen LogP contribution is -2.48. The van der Waals surface area contributed by atoms with Crippen LogP contribution in [0.3, 0.4) is 0 Å². The highest BCUT2D eigenvalue weighted by Crippen LogP contribution is 2.15. The Morgan fingerprint density at radius 1 is 1.33 bits per heavy atom. The smallest absolute Gasteiger partial charge is 0.407 e. The molecule has 0 saturated carbocycles.